The highest BCUT2D eigenvalue weighted by atomic mass is 79.9. The lowest BCUT2D eigenvalue weighted by atomic mass is 10.0. The van der Waals surface area contributed by atoms with Gasteiger partial charge in [-0.25, -0.2) is 17.2 Å². The summed E-state index contributed by atoms with van der Waals surface area (Å²) in [6.07, 6.45) is 6.99. The van der Waals surface area contributed by atoms with E-state index in [2.05, 4.69) is 15.9 Å². The number of carbonyl (C=O) groups is 1. The number of carboxylic acids is 1. The zero-order valence-electron chi connectivity index (χ0n) is 12.2. The van der Waals surface area contributed by atoms with Crippen LogP contribution in [0.5, 0.6) is 0 Å². The largest absolute Gasteiger partial charge is 0.478 e. The molecule has 1 aliphatic carbocycles. The Morgan fingerprint density at radius 3 is 2.70 bits per heavy atom. The number of aromatic carboxylic acids is 1. The summed E-state index contributed by atoms with van der Waals surface area (Å²) >= 11 is 3.33. The summed E-state index contributed by atoms with van der Waals surface area (Å²) in [5, 5.41) is 9.80. The molecule has 23 heavy (non-hydrogen) atoms. The molecule has 5 nitrogen and oxygen atoms in total. The molecule has 1 heterocycles. The highest BCUT2D eigenvalue weighted by Gasteiger charge is 2.39. The Hall–Kier alpha value is -1.86. The molecule has 0 saturated heterocycles. The van der Waals surface area contributed by atoms with Crippen LogP contribution in [-0.4, -0.2) is 28.2 Å². The summed E-state index contributed by atoms with van der Waals surface area (Å²) in [5.74, 6) is -1.09. The van der Waals surface area contributed by atoms with Crippen molar-refractivity contribution in [1.29, 1.82) is 0 Å². The molecule has 0 fully saturated rings. The molecule has 0 radical (unpaired) electrons. The molecule has 0 aliphatic heterocycles. The van der Waals surface area contributed by atoms with Crippen LogP contribution in [0.15, 0.2) is 53.2 Å². The minimum Gasteiger partial charge on any atom is -0.478 e. The molecule has 0 saturated carbocycles. The standard InChI is InChI=1S/C16H14BrNO4S/c1-16(7-4-13(17)5-8-16)23(21,22)18-9-6-11-2-3-12(15(19)20)10-14(11)18/h2-7,9-10H,8H2,1H3,(H,19,20). The van der Waals surface area contributed by atoms with Gasteiger partial charge in [-0.3, -0.25) is 0 Å². The van der Waals surface area contributed by atoms with E-state index in [1.165, 1.54) is 22.3 Å². The number of hydrogen-bond donors (Lipinski definition) is 1. The minimum absolute atomic E-state index is 0.0552. The lowest BCUT2D eigenvalue weighted by Crippen LogP contribution is -2.38. The van der Waals surface area contributed by atoms with Crippen molar-refractivity contribution < 1.29 is 18.3 Å². The van der Waals surface area contributed by atoms with E-state index in [0.29, 0.717) is 17.3 Å². The van der Waals surface area contributed by atoms with Crippen LogP contribution in [0.1, 0.15) is 23.7 Å². The van der Waals surface area contributed by atoms with Crippen LogP contribution in [0.4, 0.5) is 0 Å². The van der Waals surface area contributed by atoms with Crippen LogP contribution in [0.3, 0.4) is 0 Å². The summed E-state index contributed by atoms with van der Waals surface area (Å²) < 4.78 is 27.1. The second-order valence-corrected chi connectivity index (χ2v) is 8.83. The molecule has 1 unspecified atom stereocenters. The Morgan fingerprint density at radius 2 is 2.09 bits per heavy atom. The molecule has 1 aliphatic rings. The van der Waals surface area contributed by atoms with Crippen LogP contribution >= 0.6 is 15.9 Å². The molecule has 0 amide bonds. The molecule has 1 atom stereocenters. The van der Waals surface area contributed by atoms with Gasteiger partial charge in [-0.15, -0.1) is 0 Å². The van der Waals surface area contributed by atoms with E-state index in [9.17, 15) is 13.2 Å². The zero-order valence-corrected chi connectivity index (χ0v) is 14.6. The number of hydrogen-bond acceptors (Lipinski definition) is 3. The van der Waals surface area contributed by atoms with Crippen molar-refractivity contribution in [3.05, 3.63) is 58.7 Å². The molecule has 7 heteroatoms. The van der Waals surface area contributed by atoms with Crippen LogP contribution in [-0.2, 0) is 10.0 Å². The number of fused-ring (bicyclic) bond motifs is 1. The molecular weight excluding hydrogens is 382 g/mol. The van der Waals surface area contributed by atoms with E-state index in [-0.39, 0.29) is 5.56 Å². The molecule has 120 valence electrons. The maximum atomic E-state index is 13.1. The van der Waals surface area contributed by atoms with E-state index >= 15 is 0 Å². The van der Waals surface area contributed by atoms with Crippen molar-refractivity contribution in [1.82, 2.24) is 3.97 Å². The second-order valence-electron chi connectivity index (χ2n) is 5.63. The first-order valence-corrected chi connectivity index (χ1v) is 9.12. The van der Waals surface area contributed by atoms with Crippen molar-refractivity contribution in [2.24, 2.45) is 0 Å². The Balaban J connectivity index is 2.18. The Bertz CT molecular complexity index is 971. The van der Waals surface area contributed by atoms with Gasteiger partial charge >= 0.3 is 5.97 Å². The van der Waals surface area contributed by atoms with Crippen molar-refractivity contribution in [3.8, 4) is 0 Å². The summed E-state index contributed by atoms with van der Waals surface area (Å²) in [7, 11) is -3.74. The molecule has 2 aromatic rings. The van der Waals surface area contributed by atoms with Gasteiger partial charge in [-0.1, -0.05) is 40.2 Å². The third kappa shape index (κ3) is 2.53. The molecule has 3 rings (SSSR count). The van der Waals surface area contributed by atoms with Crippen molar-refractivity contribution >= 4 is 42.8 Å². The third-order valence-corrected chi connectivity index (χ3v) is 6.96. The SMILES string of the molecule is CC1(S(=O)(=O)n2ccc3ccc(C(=O)O)cc32)C=CC(Br)=CC1. The number of carboxylic acid groups (broad SMARTS) is 1. The third-order valence-electron chi connectivity index (χ3n) is 4.05. The van der Waals surface area contributed by atoms with Crippen molar-refractivity contribution in [2.75, 3.05) is 0 Å². The summed E-state index contributed by atoms with van der Waals surface area (Å²) in [6, 6.07) is 6.13. The lowest BCUT2D eigenvalue weighted by Gasteiger charge is -2.27. The molecule has 1 N–H and O–H groups in total. The fourth-order valence-electron chi connectivity index (χ4n) is 2.55. The average Bonchev–Trinajstić information content (AvgIpc) is 2.93. The first-order valence-electron chi connectivity index (χ1n) is 6.89. The average molecular weight is 396 g/mol. The van der Waals surface area contributed by atoms with Gasteiger partial charge in [0.05, 0.1) is 11.1 Å². The number of allylic oxidation sites excluding steroid dienone is 3. The van der Waals surface area contributed by atoms with Crippen LogP contribution < -0.4 is 0 Å². The Kier molecular flexibility index (Phi) is 3.72. The number of aromatic nitrogens is 1. The number of rotatable bonds is 3. The maximum Gasteiger partial charge on any atom is 0.335 e. The first-order chi connectivity index (χ1) is 10.7. The van der Waals surface area contributed by atoms with Crippen LogP contribution in [0.2, 0.25) is 0 Å². The van der Waals surface area contributed by atoms with Gasteiger partial charge in [0.1, 0.15) is 4.75 Å². The van der Waals surface area contributed by atoms with E-state index in [4.69, 9.17) is 5.11 Å². The Morgan fingerprint density at radius 1 is 1.35 bits per heavy atom. The molecular formula is C16H14BrNO4S. The highest BCUT2D eigenvalue weighted by Crippen LogP contribution is 2.34. The quantitative estimate of drug-likeness (QED) is 0.862. The van der Waals surface area contributed by atoms with Crippen molar-refractivity contribution in [3.63, 3.8) is 0 Å². The molecule has 1 aromatic heterocycles. The number of halogens is 1. The maximum absolute atomic E-state index is 13.1. The lowest BCUT2D eigenvalue weighted by molar-refractivity contribution is 0.0697. The van der Waals surface area contributed by atoms with Gasteiger partial charge in [0, 0.05) is 16.1 Å². The van der Waals surface area contributed by atoms with Gasteiger partial charge in [0.25, 0.3) is 0 Å². The van der Waals surface area contributed by atoms with E-state index in [0.717, 1.165) is 4.48 Å². The van der Waals surface area contributed by atoms with Gasteiger partial charge in [0.2, 0.25) is 10.0 Å². The van der Waals surface area contributed by atoms with Gasteiger partial charge in [-0.05, 0) is 31.5 Å². The second kappa shape index (κ2) is 5.35. The zero-order chi connectivity index (χ0) is 16.8. The summed E-state index contributed by atoms with van der Waals surface area (Å²) in [5.41, 5.74) is 0.424. The molecule has 0 spiro atoms. The monoisotopic (exact) mass is 395 g/mol. The van der Waals surface area contributed by atoms with Crippen LogP contribution in [0, 0.1) is 0 Å². The van der Waals surface area contributed by atoms with E-state index < -0.39 is 20.7 Å². The fourth-order valence-corrected chi connectivity index (χ4v) is 4.47. The predicted octanol–water partition coefficient (Wildman–Crippen LogP) is 3.51. The number of nitrogens with zero attached hydrogens (tertiary/aromatic N) is 1. The predicted molar refractivity (Wildman–Crippen MR) is 92.4 cm³/mol. The van der Waals surface area contributed by atoms with Gasteiger partial charge < -0.3 is 5.11 Å². The smallest absolute Gasteiger partial charge is 0.335 e. The van der Waals surface area contributed by atoms with Gasteiger partial charge in [0.15, 0.2) is 0 Å². The summed E-state index contributed by atoms with van der Waals surface area (Å²) in [6.45, 7) is 1.65. The fraction of sp³-hybridized carbons (Fsp3) is 0.188. The number of benzene rings is 1. The van der Waals surface area contributed by atoms with Crippen LogP contribution in [0.25, 0.3) is 10.9 Å². The molecule has 0 bridgehead atoms. The van der Waals surface area contributed by atoms with Gasteiger partial charge in [-0.2, -0.15) is 0 Å². The minimum atomic E-state index is -3.74. The van der Waals surface area contributed by atoms with E-state index in [1.807, 2.05) is 6.08 Å². The highest BCUT2D eigenvalue weighted by molar-refractivity contribution is 9.11. The molecule has 1 aromatic carbocycles. The Labute approximate surface area is 142 Å². The van der Waals surface area contributed by atoms with Crippen molar-refractivity contribution in [2.45, 2.75) is 18.1 Å². The van der Waals surface area contributed by atoms with E-state index in [1.54, 1.807) is 31.2 Å². The topological polar surface area (TPSA) is 76.4 Å². The first kappa shape index (κ1) is 16.0. The normalized spacial score (nSPS) is 21.4. The summed E-state index contributed by atoms with van der Waals surface area (Å²) in [4.78, 5) is 11.1.